The Bertz CT molecular complexity index is 1100. The lowest BCUT2D eigenvalue weighted by Crippen LogP contribution is -2.30. The van der Waals surface area contributed by atoms with Crippen LogP contribution in [-0.2, 0) is 23.1 Å². The summed E-state index contributed by atoms with van der Waals surface area (Å²) in [6.07, 6.45) is 0.130. The van der Waals surface area contributed by atoms with E-state index in [0.29, 0.717) is 17.6 Å². The molecule has 0 unspecified atom stereocenters. The summed E-state index contributed by atoms with van der Waals surface area (Å²) in [5, 5.41) is 3.78. The molecule has 8 nitrogen and oxygen atoms in total. The number of aromatic nitrogens is 2. The fourth-order valence-electron chi connectivity index (χ4n) is 2.50. The lowest BCUT2D eigenvalue weighted by Gasteiger charge is -2.16. The topological polar surface area (TPSA) is 94.8 Å². The SMILES string of the molecule is COc1ccc(OCc2nc(CCN(C)S(=O)(=O)c3ccc(F)cc3F)no2)cc1. The van der Waals surface area contributed by atoms with E-state index in [2.05, 4.69) is 10.1 Å². The highest BCUT2D eigenvalue weighted by atomic mass is 32.2. The predicted molar refractivity (Wildman–Crippen MR) is 102 cm³/mol. The Morgan fingerprint density at radius 3 is 2.47 bits per heavy atom. The number of methoxy groups -OCH3 is 1. The van der Waals surface area contributed by atoms with E-state index in [1.165, 1.54) is 7.05 Å². The second kappa shape index (κ2) is 9.18. The molecule has 0 bridgehead atoms. The third kappa shape index (κ3) is 5.10. The van der Waals surface area contributed by atoms with Crippen LogP contribution in [0.1, 0.15) is 11.7 Å². The maximum absolute atomic E-state index is 13.8. The van der Waals surface area contributed by atoms with Gasteiger partial charge >= 0.3 is 0 Å². The van der Waals surface area contributed by atoms with Crippen LogP contribution in [0, 0.1) is 11.6 Å². The molecule has 0 fully saturated rings. The van der Waals surface area contributed by atoms with E-state index in [1.54, 1.807) is 31.4 Å². The van der Waals surface area contributed by atoms with E-state index in [4.69, 9.17) is 14.0 Å². The second-order valence-corrected chi connectivity index (χ2v) is 8.23. The zero-order valence-corrected chi connectivity index (χ0v) is 17.0. The molecule has 1 heterocycles. The van der Waals surface area contributed by atoms with Crippen molar-refractivity contribution in [1.82, 2.24) is 14.4 Å². The number of benzene rings is 2. The largest absolute Gasteiger partial charge is 0.497 e. The molecule has 0 radical (unpaired) electrons. The van der Waals surface area contributed by atoms with Gasteiger partial charge in [-0.05, 0) is 36.4 Å². The van der Waals surface area contributed by atoms with Gasteiger partial charge in [0.05, 0.1) is 7.11 Å². The molecule has 0 aliphatic heterocycles. The molecular formula is C19H19F2N3O5S. The molecule has 11 heteroatoms. The second-order valence-electron chi connectivity index (χ2n) is 6.22. The minimum Gasteiger partial charge on any atom is -0.497 e. The summed E-state index contributed by atoms with van der Waals surface area (Å²) in [4.78, 5) is 3.54. The van der Waals surface area contributed by atoms with Crippen LogP contribution < -0.4 is 9.47 Å². The molecule has 0 N–H and O–H groups in total. The lowest BCUT2D eigenvalue weighted by atomic mass is 10.3. The summed E-state index contributed by atoms with van der Waals surface area (Å²) in [6, 6.07) is 9.24. The molecule has 0 spiro atoms. The Morgan fingerprint density at radius 2 is 1.80 bits per heavy atom. The summed E-state index contributed by atoms with van der Waals surface area (Å²) >= 11 is 0. The monoisotopic (exact) mass is 439 g/mol. The van der Waals surface area contributed by atoms with Crippen LogP contribution in [0.15, 0.2) is 51.9 Å². The normalized spacial score (nSPS) is 11.6. The van der Waals surface area contributed by atoms with Crippen LogP contribution in [0.3, 0.4) is 0 Å². The zero-order valence-electron chi connectivity index (χ0n) is 16.2. The van der Waals surface area contributed by atoms with Crippen molar-refractivity contribution in [3.05, 3.63) is 65.8 Å². The number of ether oxygens (including phenoxy) is 2. The number of nitrogens with zero attached hydrogens (tertiary/aromatic N) is 3. The van der Waals surface area contributed by atoms with Crippen LogP contribution in [0.2, 0.25) is 0 Å². The summed E-state index contributed by atoms with van der Waals surface area (Å²) in [6.45, 7) is 0.00567. The van der Waals surface area contributed by atoms with Gasteiger partial charge < -0.3 is 14.0 Å². The van der Waals surface area contributed by atoms with Crippen molar-refractivity contribution in [2.45, 2.75) is 17.9 Å². The highest BCUT2D eigenvalue weighted by molar-refractivity contribution is 7.89. The van der Waals surface area contributed by atoms with Crippen molar-refractivity contribution in [3.8, 4) is 11.5 Å². The summed E-state index contributed by atoms with van der Waals surface area (Å²) in [7, 11) is -1.28. The summed E-state index contributed by atoms with van der Waals surface area (Å²) < 4.78 is 68.4. The lowest BCUT2D eigenvalue weighted by molar-refractivity contribution is 0.242. The van der Waals surface area contributed by atoms with Crippen molar-refractivity contribution in [3.63, 3.8) is 0 Å². The quantitative estimate of drug-likeness (QED) is 0.506. The van der Waals surface area contributed by atoms with E-state index in [9.17, 15) is 17.2 Å². The van der Waals surface area contributed by atoms with Gasteiger partial charge in [0.1, 0.15) is 28.0 Å². The molecule has 3 rings (SSSR count). The van der Waals surface area contributed by atoms with Crippen molar-refractivity contribution in [2.75, 3.05) is 20.7 Å². The first-order chi connectivity index (χ1) is 14.3. The zero-order chi connectivity index (χ0) is 21.7. The van der Waals surface area contributed by atoms with Crippen LogP contribution >= 0.6 is 0 Å². The van der Waals surface area contributed by atoms with Gasteiger partial charge in [-0.15, -0.1) is 0 Å². The molecule has 1 aromatic heterocycles. The van der Waals surface area contributed by atoms with E-state index in [-0.39, 0.29) is 31.3 Å². The molecule has 30 heavy (non-hydrogen) atoms. The van der Waals surface area contributed by atoms with E-state index < -0.39 is 26.6 Å². The van der Waals surface area contributed by atoms with Crippen LogP contribution in [0.5, 0.6) is 11.5 Å². The Labute approximate surface area is 172 Å². The van der Waals surface area contributed by atoms with E-state index in [1.807, 2.05) is 0 Å². The number of sulfonamides is 1. The van der Waals surface area contributed by atoms with Gasteiger partial charge in [-0.3, -0.25) is 0 Å². The van der Waals surface area contributed by atoms with Crippen LogP contribution in [0.4, 0.5) is 8.78 Å². The van der Waals surface area contributed by atoms with Crippen molar-refractivity contribution in [1.29, 1.82) is 0 Å². The molecule has 0 saturated heterocycles. The third-order valence-electron chi connectivity index (χ3n) is 4.16. The molecule has 0 aliphatic rings. The highest BCUT2D eigenvalue weighted by Crippen LogP contribution is 2.20. The minimum atomic E-state index is -4.13. The van der Waals surface area contributed by atoms with Crippen LogP contribution in [0.25, 0.3) is 0 Å². The van der Waals surface area contributed by atoms with Crippen LogP contribution in [-0.4, -0.2) is 43.6 Å². The number of hydrogen-bond donors (Lipinski definition) is 0. The molecule has 160 valence electrons. The van der Waals surface area contributed by atoms with Gasteiger partial charge in [-0.2, -0.15) is 4.98 Å². The molecule has 0 amide bonds. The van der Waals surface area contributed by atoms with Crippen molar-refractivity contribution >= 4 is 10.0 Å². The Morgan fingerprint density at radius 1 is 1.10 bits per heavy atom. The smallest absolute Gasteiger partial charge is 0.264 e. The summed E-state index contributed by atoms with van der Waals surface area (Å²) in [5.41, 5.74) is 0. The van der Waals surface area contributed by atoms with E-state index >= 15 is 0 Å². The first-order valence-corrected chi connectivity index (χ1v) is 10.2. The van der Waals surface area contributed by atoms with Gasteiger partial charge in [-0.25, -0.2) is 21.5 Å². The third-order valence-corrected chi connectivity index (χ3v) is 6.05. The maximum atomic E-state index is 13.8. The van der Waals surface area contributed by atoms with Gasteiger partial charge in [0.2, 0.25) is 10.0 Å². The van der Waals surface area contributed by atoms with E-state index in [0.717, 1.165) is 16.4 Å². The number of rotatable bonds is 9. The van der Waals surface area contributed by atoms with Crippen molar-refractivity contribution in [2.24, 2.45) is 0 Å². The summed E-state index contributed by atoms with van der Waals surface area (Å²) in [5.74, 6) is -0.241. The fourth-order valence-corrected chi connectivity index (χ4v) is 3.71. The van der Waals surface area contributed by atoms with Gasteiger partial charge in [0, 0.05) is 26.1 Å². The maximum Gasteiger partial charge on any atom is 0.264 e. The van der Waals surface area contributed by atoms with Crippen molar-refractivity contribution < 1.29 is 31.2 Å². The molecule has 0 aliphatic carbocycles. The molecule has 0 saturated carbocycles. The molecular weight excluding hydrogens is 420 g/mol. The first-order valence-electron chi connectivity index (χ1n) is 8.79. The molecule has 3 aromatic rings. The standard InChI is InChI=1S/C19H19F2N3O5S/c1-24(30(25,26)17-8-3-13(20)11-16(17)21)10-9-18-22-19(29-23-18)12-28-15-6-4-14(27-2)5-7-15/h3-8,11H,9-10,12H2,1-2H3. The first kappa shape index (κ1) is 21.7. The highest BCUT2D eigenvalue weighted by Gasteiger charge is 2.25. The fraction of sp³-hybridized carbons (Fsp3) is 0.263. The number of halogens is 2. The Hall–Kier alpha value is -3.05. The Kier molecular flexibility index (Phi) is 6.63. The number of likely N-dealkylation sites (N-methyl/N-ethyl adjacent to an activating group) is 1. The molecule has 0 atom stereocenters. The average Bonchev–Trinajstić information content (AvgIpc) is 3.18. The average molecular weight is 439 g/mol. The Balaban J connectivity index is 1.56. The van der Waals surface area contributed by atoms with Gasteiger partial charge in [0.25, 0.3) is 5.89 Å². The van der Waals surface area contributed by atoms with Gasteiger partial charge in [0.15, 0.2) is 12.4 Å². The number of hydrogen-bond acceptors (Lipinski definition) is 7. The molecule has 2 aromatic carbocycles. The minimum absolute atomic E-state index is 0.0303. The van der Waals surface area contributed by atoms with Gasteiger partial charge in [-0.1, -0.05) is 5.16 Å². The predicted octanol–water partition coefficient (Wildman–Crippen LogP) is 2.80.